The average molecular weight is 248 g/mol. The summed E-state index contributed by atoms with van der Waals surface area (Å²) in [6.45, 7) is 1.64. The van der Waals surface area contributed by atoms with Crippen molar-refractivity contribution in [3.63, 3.8) is 0 Å². The predicted molar refractivity (Wildman–Crippen MR) is 62.4 cm³/mol. The minimum absolute atomic E-state index is 0.281. The Labute approximate surface area is 104 Å². The normalized spacial score (nSPS) is 10.2. The van der Waals surface area contributed by atoms with Crippen LogP contribution in [-0.4, -0.2) is 30.3 Å². The molecule has 6 heteroatoms. The lowest BCUT2D eigenvalue weighted by atomic mass is 10.1. The molecule has 6 nitrogen and oxygen atoms in total. The Hall–Kier alpha value is -2.37. The molecule has 0 atom stereocenters. The van der Waals surface area contributed by atoms with Crippen LogP contribution in [0.4, 0.5) is 0 Å². The van der Waals surface area contributed by atoms with Gasteiger partial charge in [-0.1, -0.05) is 5.16 Å². The zero-order valence-electron chi connectivity index (χ0n) is 10.3. The number of aromatic nitrogens is 2. The Kier molecular flexibility index (Phi) is 3.27. The number of esters is 1. The zero-order valence-corrected chi connectivity index (χ0v) is 10.3. The van der Waals surface area contributed by atoms with Crippen molar-refractivity contribution in [3.05, 3.63) is 29.7 Å². The summed E-state index contributed by atoms with van der Waals surface area (Å²) in [5.41, 5.74) is 1.23. The number of hydrogen-bond acceptors (Lipinski definition) is 6. The second-order valence-corrected chi connectivity index (χ2v) is 3.51. The van der Waals surface area contributed by atoms with E-state index >= 15 is 0 Å². The lowest BCUT2D eigenvalue weighted by Gasteiger charge is -2.05. The minimum atomic E-state index is -0.505. The first-order chi connectivity index (χ1) is 8.69. The molecule has 94 valence electrons. The molecule has 0 amide bonds. The molecular formula is C12H12N2O4. The Bertz CT molecular complexity index is 577. The predicted octanol–water partition coefficient (Wildman–Crippen LogP) is 1.84. The van der Waals surface area contributed by atoms with Gasteiger partial charge in [0.25, 0.3) is 0 Å². The quantitative estimate of drug-likeness (QED) is 0.771. The molecule has 0 aliphatic carbocycles. The Morgan fingerprint density at radius 2 is 2.17 bits per heavy atom. The molecule has 2 rings (SSSR count). The number of ether oxygens (including phenoxy) is 2. The number of hydrogen-bond donors (Lipinski definition) is 0. The van der Waals surface area contributed by atoms with Crippen molar-refractivity contribution in [2.75, 3.05) is 14.2 Å². The van der Waals surface area contributed by atoms with Crippen molar-refractivity contribution in [1.82, 2.24) is 10.1 Å². The summed E-state index contributed by atoms with van der Waals surface area (Å²) in [6, 6.07) is 3.47. The topological polar surface area (TPSA) is 74.5 Å². The van der Waals surface area contributed by atoms with E-state index in [1.165, 1.54) is 14.2 Å². The first-order valence-corrected chi connectivity index (χ1v) is 5.23. The van der Waals surface area contributed by atoms with E-state index in [2.05, 4.69) is 10.1 Å². The van der Waals surface area contributed by atoms with Crippen LogP contribution < -0.4 is 4.74 Å². The Morgan fingerprint density at radius 1 is 1.39 bits per heavy atom. The number of carbonyl (C=O) groups is 1. The lowest BCUT2D eigenvalue weighted by molar-refractivity contribution is 0.0599. The highest BCUT2D eigenvalue weighted by Crippen LogP contribution is 2.31. The molecule has 0 aromatic carbocycles. The van der Waals surface area contributed by atoms with Crippen LogP contribution in [0.15, 0.2) is 22.9 Å². The van der Waals surface area contributed by atoms with Gasteiger partial charge in [0.1, 0.15) is 17.0 Å². The van der Waals surface area contributed by atoms with Crippen LogP contribution >= 0.6 is 0 Å². The fraction of sp³-hybridized carbons (Fsp3) is 0.250. The Morgan fingerprint density at radius 3 is 2.83 bits per heavy atom. The molecule has 0 saturated carbocycles. The second-order valence-electron chi connectivity index (χ2n) is 3.51. The smallest absolute Gasteiger partial charge is 0.343 e. The van der Waals surface area contributed by atoms with Crippen LogP contribution in [0.3, 0.4) is 0 Å². The molecule has 0 spiro atoms. The third-order valence-electron chi connectivity index (χ3n) is 2.47. The number of rotatable bonds is 3. The van der Waals surface area contributed by atoms with Gasteiger partial charge in [0, 0.05) is 6.20 Å². The zero-order chi connectivity index (χ0) is 13.1. The number of nitrogens with zero attached hydrogens (tertiary/aromatic N) is 2. The van der Waals surface area contributed by atoms with E-state index in [0.29, 0.717) is 22.9 Å². The molecular weight excluding hydrogens is 236 g/mol. The molecule has 0 fully saturated rings. The van der Waals surface area contributed by atoms with E-state index in [-0.39, 0.29) is 5.56 Å². The minimum Gasteiger partial charge on any atom is -0.481 e. The van der Waals surface area contributed by atoms with Crippen molar-refractivity contribution >= 4 is 5.97 Å². The van der Waals surface area contributed by atoms with Gasteiger partial charge < -0.3 is 14.0 Å². The number of carbonyl (C=O) groups excluding carboxylic acids is 1. The molecule has 0 aliphatic rings. The van der Waals surface area contributed by atoms with Crippen molar-refractivity contribution in [2.45, 2.75) is 6.92 Å². The van der Waals surface area contributed by atoms with Crippen LogP contribution in [0.5, 0.6) is 5.88 Å². The van der Waals surface area contributed by atoms with E-state index in [9.17, 15) is 4.79 Å². The summed E-state index contributed by atoms with van der Waals surface area (Å²) in [7, 11) is 2.80. The monoisotopic (exact) mass is 248 g/mol. The van der Waals surface area contributed by atoms with Crippen LogP contribution in [0.2, 0.25) is 0 Å². The van der Waals surface area contributed by atoms with Crippen molar-refractivity contribution < 1.29 is 18.8 Å². The fourth-order valence-corrected chi connectivity index (χ4v) is 1.63. The van der Waals surface area contributed by atoms with Gasteiger partial charge in [-0.25, -0.2) is 9.78 Å². The third-order valence-corrected chi connectivity index (χ3v) is 2.47. The van der Waals surface area contributed by atoms with E-state index < -0.39 is 5.97 Å². The van der Waals surface area contributed by atoms with Crippen LogP contribution in [-0.2, 0) is 4.74 Å². The van der Waals surface area contributed by atoms with Crippen LogP contribution in [0.1, 0.15) is 16.1 Å². The first kappa shape index (κ1) is 12.1. The summed E-state index contributed by atoms with van der Waals surface area (Å²) in [4.78, 5) is 15.8. The standard InChI is InChI=1S/C12H12N2O4/c1-7-9(12(15)17-3)10(14-18-7)8-5-4-6-13-11(8)16-2/h4-6H,1-3H3. The van der Waals surface area contributed by atoms with Gasteiger partial charge in [0.2, 0.25) is 5.88 Å². The van der Waals surface area contributed by atoms with Gasteiger partial charge in [-0.05, 0) is 19.1 Å². The molecule has 2 aromatic heterocycles. The van der Waals surface area contributed by atoms with E-state index in [4.69, 9.17) is 14.0 Å². The van der Waals surface area contributed by atoms with Gasteiger partial charge in [-0.3, -0.25) is 0 Å². The average Bonchev–Trinajstić information content (AvgIpc) is 2.79. The highest BCUT2D eigenvalue weighted by Gasteiger charge is 2.24. The van der Waals surface area contributed by atoms with E-state index in [1.807, 2.05) is 0 Å². The molecule has 2 aromatic rings. The number of methoxy groups -OCH3 is 2. The van der Waals surface area contributed by atoms with Gasteiger partial charge in [0.05, 0.1) is 19.8 Å². The van der Waals surface area contributed by atoms with Gasteiger partial charge in [-0.2, -0.15) is 0 Å². The third kappa shape index (κ3) is 1.92. The van der Waals surface area contributed by atoms with E-state index in [1.54, 1.807) is 25.3 Å². The molecule has 0 radical (unpaired) electrons. The maximum absolute atomic E-state index is 11.7. The largest absolute Gasteiger partial charge is 0.481 e. The molecule has 0 aliphatic heterocycles. The molecule has 18 heavy (non-hydrogen) atoms. The molecule has 2 heterocycles. The van der Waals surface area contributed by atoms with Crippen LogP contribution in [0.25, 0.3) is 11.3 Å². The van der Waals surface area contributed by atoms with Crippen molar-refractivity contribution in [1.29, 1.82) is 0 Å². The Balaban J connectivity index is 2.61. The van der Waals surface area contributed by atoms with Gasteiger partial charge in [0.15, 0.2) is 0 Å². The van der Waals surface area contributed by atoms with Crippen molar-refractivity contribution in [2.24, 2.45) is 0 Å². The fourth-order valence-electron chi connectivity index (χ4n) is 1.63. The van der Waals surface area contributed by atoms with Gasteiger partial charge >= 0.3 is 5.97 Å². The SMILES string of the molecule is COC(=O)c1c(-c2cccnc2OC)noc1C. The molecule has 0 unspecified atom stereocenters. The first-order valence-electron chi connectivity index (χ1n) is 5.23. The van der Waals surface area contributed by atoms with E-state index in [0.717, 1.165) is 0 Å². The molecule has 0 saturated heterocycles. The van der Waals surface area contributed by atoms with Crippen LogP contribution in [0, 0.1) is 6.92 Å². The summed E-state index contributed by atoms with van der Waals surface area (Å²) in [5.74, 6) is 0.258. The molecule has 0 bridgehead atoms. The van der Waals surface area contributed by atoms with Crippen molar-refractivity contribution in [3.8, 4) is 17.1 Å². The highest BCUT2D eigenvalue weighted by molar-refractivity contribution is 5.97. The maximum Gasteiger partial charge on any atom is 0.343 e. The van der Waals surface area contributed by atoms with Gasteiger partial charge in [-0.15, -0.1) is 0 Å². The lowest BCUT2D eigenvalue weighted by Crippen LogP contribution is -2.04. The summed E-state index contributed by atoms with van der Waals surface area (Å²) < 4.78 is 14.9. The maximum atomic E-state index is 11.7. The summed E-state index contributed by atoms with van der Waals surface area (Å²) in [6.07, 6.45) is 1.59. The number of aryl methyl sites for hydroxylation is 1. The summed E-state index contributed by atoms with van der Waals surface area (Å²) in [5, 5.41) is 3.87. The second kappa shape index (κ2) is 4.87. The number of pyridine rings is 1. The summed E-state index contributed by atoms with van der Waals surface area (Å²) >= 11 is 0. The highest BCUT2D eigenvalue weighted by atomic mass is 16.5. The molecule has 0 N–H and O–H groups in total.